The van der Waals surface area contributed by atoms with Crippen molar-refractivity contribution in [2.24, 2.45) is 0 Å². The van der Waals surface area contributed by atoms with Crippen molar-refractivity contribution in [3.63, 3.8) is 0 Å². The molecule has 0 unspecified atom stereocenters. The molecule has 0 heterocycles. The van der Waals surface area contributed by atoms with Crippen molar-refractivity contribution in [3.8, 4) is 5.75 Å². The molecule has 3 heteroatoms. The number of hydrogen-bond acceptors (Lipinski definition) is 2. The molecule has 1 N–H and O–H groups in total. The van der Waals surface area contributed by atoms with Crippen molar-refractivity contribution >= 4 is 6.16 Å². The highest BCUT2D eigenvalue weighted by molar-refractivity contribution is 5.63. The van der Waals surface area contributed by atoms with E-state index in [4.69, 9.17) is 9.84 Å². The Hall–Kier alpha value is -1.51. The Labute approximate surface area is 89.7 Å². The predicted octanol–water partition coefficient (Wildman–Crippen LogP) is 3.31. The van der Waals surface area contributed by atoms with Crippen molar-refractivity contribution in [1.82, 2.24) is 0 Å². The van der Waals surface area contributed by atoms with Gasteiger partial charge < -0.3 is 9.84 Å². The highest BCUT2D eigenvalue weighted by atomic mass is 16.7. The van der Waals surface area contributed by atoms with Crippen LogP contribution in [0.2, 0.25) is 0 Å². The zero-order valence-corrected chi connectivity index (χ0v) is 9.33. The fourth-order valence-corrected chi connectivity index (χ4v) is 1.54. The molecule has 1 aromatic carbocycles. The minimum absolute atomic E-state index is 0.504. The van der Waals surface area contributed by atoms with Crippen LogP contribution < -0.4 is 4.74 Å². The quantitative estimate of drug-likeness (QED) is 0.612. The molecule has 15 heavy (non-hydrogen) atoms. The Balaban J connectivity index is 3.15. The summed E-state index contributed by atoms with van der Waals surface area (Å²) in [7, 11) is 0. The average molecular weight is 208 g/mol. The van der Waals surface area contributed by atoms with Crippen molar-refractivity contribution in [1.29, 1.82) is 0 Å². The van der Waals surface area contributed by atoms with Crippen LogP contribution in [0.4, 0.5) is 4.79 Å². The summed E-state index contributed by atoms with van der Waals surface area (Å²) in [5.74, 6) is 0.504. The van der Waals surface area contributed by atoms with Gasteiger partial charge in [0.25, 0.3) is 0 Å². The molecule has 1 rings (SSSR count). The van der Waals surface area contributed by atoms with Crippen molar-refractivity contribution in [2.45, 2.75) is 33.6 Å². The Morgan fingerprint density at radius 3 is 2.60 bits per heavy atom. The Kier molecular flexibility index (Phi) is 3.72. The third-order valence-electron chi connectivity index (χ3n) is 2.47. The van der Waals surface area contributed by atoms with Crippen LogP contribution in [0.1, 0.15) is 30.0 Å². The van der Waals surface area contributed by atoms with Gasteiger partial charge in [0.15, 0.2) is 0 Å². The van der Waals surface area contributed by atoms with Gasteiger partial charge in [-0.3, -0.25) is 0 Å². The average Bonchev–Trinajstić information content (AvgIpc) is 2.17. The maximum Gasteiger partial charge on any atom is 0.511 e. The zero-order chi connectivity index (χ0) is 11.4. The first kappa shape index (κ1) is 11.6. The van der Waals surface area contributed by atoms with Crippen LogP contribution in [0.25, 0.3) is 0 Å². The van der Waals surface area contributed by atoms with Gasteiger partial charge in [-0.25, -0.2) is 4.79 Å². The summed E-state index contributed by atoms with van der Waals surface area (Å²) in [4.78, 5) is 10.6. The molecule has 3 nitrogen and oxygen atoms in total. The third-order valence-corrected chi connectivity index (χ3v) is 2.47. The van der Waals surface area contributed by atoms with E-state index >= 15 is 0 Å². The van der Waals surface area contributed by atoms with E-state index in [1.165, 1.54) is 0 Å². The van der Waals surface area contributed by atoms with Crippen molar-refractivity contribution in [2.75, 3.05) is 0 Å². The number of carbonyl (C=O) groups is 1. The third kappa shape index (κ3) is 2.72. The fourth-order valence-electron chi connectivity index (χ4n) is 1.54. The number of aryl methyl sites for hydroxylation is 2. The number of hydrogen-bond donors (Lipinski definition) is 1. The van der Waals surface area contributed by atoms with Gasteiger partial charge in [0.1, 0.15) is 5.75 Å². The molecule has 82 valence electrons. The topological polar surface area (TPSA) is 46.5 Å². The standard InChI is InChI=1S/C12H16O3/c1-4-5-10-7-6-8(2)9(3)11(10)15-12(13)14/h6-7H,4-5H2,1-3H3,(H,13,14). The van der Waals surface area contributed by atoms with Gasteiger partial charge in [-0.05, 0) is 37.0 Å². The van der Waals surface area contributed by atoms with Crippen LogP contribution in [0.3, 0.4) is 0 Å². The van der Waals surface area contributed by atoms with E-state index in [-0.39, 0.29) is 0 Å². The van der Waals surface area contributed by atoms with E-state index < -0.39 is 6.16 Å². The Morgan fingerprint density at radius 2 is 2.07 bits per heavy atom. The second-order valence-corrected chi connectivity index (χ2v) is 3.61. The lowest BCUT2D eigenvalue weighted by molar-refractivity contribution is 0.143. The van der Waals surface area contributed by atoms with Crippen LogP contribution in [0, 0.1) is 13.8 Å². The van der Waals surface area contributed by atoms with Crippen LogP contribution in [-0.2, 0) is 6.42 Å². The molecule has 0 saturated heterocycles. The number of rotatable bonds is 3. The summed E-state index contributed by atoms with van der Waals surface area (Å²) < 4.78 is 4.83. The minimum Gasteiger partial charge on any atom is -0.449 e. The Bertz CT molecular complexity index is 369. The molecule has 0 spiro atoms. The molecule has 0 atom stereocenters. The van der Waals surface area contributed by atoms with E-state index in [2.05, 4.69) is 6.92 Å². The first-order valence-corrected chi connectivity index (χ1v) is 5.06. The van der Waals surface area contributed by atoms with E-state index in [9.17, 15) is 4.79 Å². The molecule has 0 radical (unpaired) electrons. The van der Waals surface area contributed by atoms with Gasteiger partial charge >= 0.3 is 6.16 Å². The minimum atomic E-state index is -1.25. The summed E-state index contributed by atoms with van der Waals surface area (Å²) in [6, 6.07) is 3.93. The number of ether oxygens (including phenoxy) is 1. The molecule has 0 saturated carbocycles. The lowest BCUT2D eigenvalue weighted by atomic mass is 10.0. The molecule has 0 aliphatic heterocycles. The monoisotopic (exact) mass is 208 g/mol. The summed E-state index contributed by atoms with van der Waals surface area (Å²) in [6.07, 6.45) is 0.559. The molecule has 0 fully saturated rings. The largest absolute Gasteiger partial charge is 0.511 e. The highest BCUT2D eigenvalue weighted by Crippen LogP contribution is 2.27. The predicted molar refractivity (Wildman–Crippen MR) is 58.6 cm³/mol. The normalized spacial score (nSPS) is 10.1. The van der Waals surface area contributed by atoms with Gasteiger partial charge in [-0.2, -0.15) is 0 Å². The van der Waals surface area contributed by atoms with E-state index in [0.717, 1.165) is 29.5 Å². The van der Waals surface area contributed by atoms with Crippen molar-refractivity contribution in [3.05, 3.63) is 28.8 Å². The van der Waals surface area contributed by atoms with E-state index in [1.807, 2.05) is 26.0 Å². The number of benzene rings is 1. The maximum atomic E-state index is 10.6. The maximum absolute atomic E-state index is 10.6. The van der Waals surface area contributed by atoms with Crippen LogP contribution in [0.5, 0.6) is 5.75 Å². The SMILES string of the molecule is CCCc1ccc(C)c(C)c1OC(=O)O. The lowest BCUT2D eigenvalue weighted by Gasteiger charge is -2.12. The summed E-state index contributed by atoms with van der Waals surface area (Å²) in [5, 5.41) is 8.65. The van der Waals surface area contributed by atoms with E-state index in [1.54, 1.807) is 0 Å². The molecule has 0 amide bonds. The van der Waals surface area contributed by atoms with Crippen LogP contribution >= 0.6 is 0 Å². The molecule has 0 aromatic heterocycles. The van der Waals surface area contributed by atoms with E-state index in [0.29, 0.717) is 5.75 Å². The van der Waals surface area contributed by atoms with Gasteiger partial charge in [0.2, 0.25) is 0 Å². The molecular weight excluding hydrogens is 192 g/mol. The van der Waals surface area contributed by atoms with Crippen molar-refractivity contribution < 1.29 is 14.6 Å². The lowest BCUT2D eigenvalue weighted by Crippen LogP contribution is -2.07. The highest BCUT2D eigenvalue weighted by Gasteiger charge is 2.11. The fraction of sp³-hybridized carbons (Fsp3) is 0.417. The summed E-state index contributed by atoms with van der Waals surface area (Å²) >= 11 is 0. The molecular formula is C12H16O3. The van der Waals surface area contributed by atoms with Crippen LogP contribution in [0.15, 0.2) is 12.1 Å². The van der Waals surface area contributed by atoms with Gasteiger partial charge in [-0.1, -0.05) is 25.5 Å². The molecule has 1 aromatic rings. The van der Waals surface area contributed by atoms with Gasteiger partial charge in [0.05, 0.1) is 0 Å². The van der Waals surface area contributed by atoms with Gasteiger partial charge in [-0.15, -0.1) is 0 Å². The first-order valence-electron chi connectivity index (χ1n) is 5.06. The van der Waals surface area contributed by atoms with Gasteiger partial charge in [0, 0.05) is 0 Å². The summed E-state index contributed by atoms with van der Waals surface area (Å²) in [6.45, 7) is 5.88. The smallest absolute Gasteiger partial charge is 0.449 e. The second kappa shape index (κ2) is 4.82. The molecule has 0 aliphatic carbocycles. The Morgan fingerprint density at radius 1 is 1.40 bits per heavy atom. The number of carboxylic acid groups (broad SMARTS) is 1. The first-order chi connectivity index (χ1) is 7.06. The summed E-state index contributed by atoms with van der Waals surface area (Å²) in [5.41, 5.74) is 2.91. The molecule has 0 bridgehead atoms. The van der Waals surface area contributed by atoms with Crippen LogP contribution in [-0.4, -0.2) is 11.3 Å². The zero-order valence-electron chi connectivity index (χ0n) is 9.33. The second-order valence-electron chi connectivity index (χ2n) is 3.61. The molecule has 0 aliphatic rings.